The second kappa shape index (κ2) is 10.5. The van der Waals surface area contributed by atoms with E-state index in [4.69, 9.17) is 14.2 Å². The van der Waals surface area contributed by atoms with E-state index in [0.29, 0.717) is 35.9 Å². The summed E-state index contributed by atoms with van der Waals surface area (Å²) in [5.74, 6) is 1.97. The lowest BCUT2D eigenvalue weighted by atomic mass is 10.1. The first-order valence-electron chi connectivity index (χ1n) is 8.87. The maximum atomic E-state index is 11.4. The van der Waals surface area contributed by atoms with Gasteiger partial charge in [0.05, 0.1) is 14.2 Å². The second-order valence-corrected chi connectivity index (χ2v) is 6.19. The molecule has 2 rings (SSSR count). The maximum absolute atomic E-state index is 11.4. The molecule has 6 nitrogen and oxygen atoms in total. The Hall–Kier alpha value is -2.57. The SMILES string of the molecule is COc1ccc(CCNC[C@H](O)COc2cccc(C(C)=O)c2)cc1OC. The van der Waals surface area contributed by atoms with Crippen molar-refractivity contribution in [2.75, 3.05) is 33.9 Å². The van der Waals surface area contributed by atoms with Crippen molar-refractivity contribution < 1.29 is 24.1 Å². The van der Waals surface area contributed by atoms with Gasteiger partial charge in [-0.25, -0.2) is 0 Å². The summed E-state index contributed by atoms with van der Waals surface area (Å²) in [4.78, 5) is 11.4. The lowest BCUT2D eigenvalue weighted by molar-refractivity contribution is 0.101. The molecule has 0 aromatic heterocycles. The van der Waals surface area contributed by atoms with Gasteiger partial charge in [0.25, 0.3) is 0 Å². The third kappa shape index (κ3) is 6.58. The monoisotopic (exact) mass is 373 g/mol. The van der Waals surface area contributed by atoms with Gasteiger partial charge in [-0.05, 0) is 49.7 Å². The molecule has 146 valence electrons. The number of nitrogens with one attached hydrogen (secondary N) is 1. The number of rotatable bonds is 11. The number of benzene rings is 2. The average molecular weight is 373 g/mol. The van der Waals surface area contributed by atoms with E-state index in [0.717, 1.165) is 12.0 Å². The van der Waals surface area contributed by atoms with Crippen LogP contribution < -0.4 is 19.5 Å². The molecule has 2 N–H and O–H groups in total. The first-order chi connectivity index (χ1) is 13.0. The molecule has 1 atom stereocenters. The van der Waals surface area contributed by atoms with Crippen LogP contribution in [0.2, 0.25) is 0 Å². The quantitative estimate of drug-likeness (QED) is 0.465. The number of carbonyl (C=O) groups is 1. The molecule has 0 fully saturated rings. The molecule has 0 aliphatic heterocycles. The smallest absolute Gasteiger partial charge is 0.160 e. The minimum Gasteiger partial charge on any atom is -0.493 e. The van der Waals surface area contributed by atoms with E-state index in [2.05, 4.69) is 5.32 Å². The summed E-state index contributed by atoms with van der Waals surface area (Å²) < 4.78 is 16.1. The molecule has 0 aliphatic carbocycles. The lowest BCUT2D eigenvalue weighted by Gasteiger charge is -2.14. The van der Waals surface area contributed by atoms with Gasteiger partial charge in [-0.15, -0.1) is 0 Å². The number of hydrogen-bond acceptors (Lipinski definition) is 6. The van der Waals surface area contributed by atoms with Crippen molar-refractivity contribution in [3.8, 4) is 17.2 Å². The molecule has 2 aromatic carbocycles. The molecule has 0 radical (unpaired) electrons. The van der Waals surface area contributed by atoms with E-state index in [9.17, 15) is 9.90 Å². The largest absolute Gasteiger partial charge is 0.493 e. The minimum atomic E-state index is -0.642. The Morgan fingerprint density at radius 3 is 2.59 bits per heavy atom. The van der Waals surface area contributed by atoms with Crippen LogP contribution in [-0.2, 0) is 6.42 Å². The molecule has 2 aromatic rings. The number of Topliss-reactive ketones (excluding diaryl/α,β-unsaturated/α-hetero) is 1. The highest BCUT2D eigenvalue weighted by Gasteiger charge is 2.08. The van der Waals surface area contributed by atoms with Crippen LogP contribution in [0.5, 0.6) is 17.2 Å². The Morgan fingerprint density at radius 1 is 1.11 bits per heavy atom. The van der Waals surface area contributed by atoms with Crippen molar-refractivity contribution in [1.29, 1.82) is 0 Å². The van der Waals surface area contributed by atoms with Crippen LogP contribution in [0.3, 0.4) is 0 Å². The average Bonchev–Trinajstić information content (AvgIpc) is 2.69. The lowest BCUT2D eigenvalue weighted by Crippen LogP contribution is -2.32. The topological polar surface area (TPSA) is 77.0 Å². The predicted octanol–water partition coefficient (Wildman–Crippen LogP) is 2.48. The fourth-order valence-electron chi connectivity index (χ4n) is 2.59. The zero-order valence-corrected chi connectivity index (χ0v) is 16.0. The van der Waals surface area contributed by atoms with Crippen LogP contribution in [-0.4, -0.2) is 50.9 Å². The first-order valence-corrected chi connectivity index (χ1v) is 8.87. The Bertz CT molecular complexity index is 747. The summed E-state index contributed by atoms with van der Waals surface area (Å²) in [5, 5.41) is 13.3. The molecule has 0 saturated carbocycles. The molecule has 0 heterocycles. The normalized spacial score (nSPS) is 11.7. The van der Waals surface area contributed by atoms with Crippen molar-refractivity contribution in [3.05, 3.63) is 53.6 Å². The summed E-state index contributed by atoms with van der Waals surface area (Å²) in [6.07, 6.45) is 0.158. The van der Waals surface area contributed by atoms with Crippen LogP contribution in [0.1, 0.15) is 22.8 Å². The number of ketones is 1. The highest BCUT2D eigenvalue weighted by Crippen LogP contribution is 2.27. The van der Waals surface area contributed by atoms with Crippen molar-refractivity contribution >= 4 is 5.78 Å². The number of methoxy groups -OCH3 is 2. The fourth-order valence-corrected chi connectivity index (χ4v) is 2.59. The summed E-state index contributed by atoms with van der Waals surface area (Å²) >= 11 is 0. The zero-order valence-electron chi connectivity index (χ0n) is 16.0. The molecule has 0 unspecified atom stereocenters. The van der Waals surface area contributed by atoms with Crippen molar-refractivity contribution in [1.82, 2.24) is 5.32 Å². The standard InChI is InChI=1S/C21H27NO5/c1-15(23)17-5-4-6-19(12-17)27-14-18(24)13-22-10-9-16-7-8-20(25-2)21(11-16)26-3/h4-8,11-12,18,22,24H,9-10,13-14H2,1-3H3/t18-/m0/s1. The van der Waals surface area contributed by atoms with E-state index in [1.165, 1.54) is 6.92 Å². The number of hydrogen-bond donors (Lipinski definition) is 2. The number of aliphatic hydroxyl groups excluding tert-OH is 1. The van der Waals surface area contributed by atoms with Crippen LogP contribution in [0.4, 0.5) is 0 Å². The van der Waals surface area contributed by atoms with E-state index >= 15 is 0 Å². The third-order valence-corrected chi connectivity index (χ3v) is 4.10. The van der Waals surface area contributed by atoms with Gasteiger partial charge in [0.15, 0.2) is 17.3 Å². The number of ether oxygens (including phenoxy) is 3. The number of aliphatic hydroxyl groups is 1. The van der Waals surface area contributed by atoms with E-state index < -0.39 is 6.10 Å². The molecule has 0 bridgehead atoms. The summed E-state index contributed by atoms with van der Waals surface area (Å²) in [6.45, 7) is 2.80. The molecule has 0 aliphatic rings. The Morgan fingerprint density at radius 2 is 1.89 bits per heavy atom. The van der Waals surface area contributed by atoms with Gasteiger partial charge < -0.3 is 24.6 Å². The first kappa shape index (κ1) is 20.7. The Balaban J connectivity index is 1.71. The van der Waals surface area contributed by atoms with Gasteiger partial charge in [-0.2, -0.15) is 0 Å². The van der Waals surface area contributed by atoms with Crippen LogP contribution in [0.25, 0.3) is 0 Å². The van der Waals surface area contributed by atoms with Gasteiger partial charge in [0.2, 0.25) is 0 Å². The molecule has 27 heavy (non-hydrogen) atoms. The Labute approximate surface area is 160 Å². The predicted molar refractivity (Wildman–Crippen MR) is 104 cm³/mol. The zero-order chi connectivity index (χ0) is 19.6. The van der Waals surface area contributed by atoms with Crippen LogP contribution >= 0.6 is 0 Å². The van der Waals surface area contributed by atoms with E-state index in [-0.39, 0.29) is 12.4 Å². The van der Waals surface area contributed by atoms with E-state index in [1.807, 2.05) is 18.2 Å². The summed E-state index contributed by atoms with van der Waals surface area (Å²) in [7, 11) is 3.22. The molecular weight excluding hydrogens is 346 g/mol. The second-order valence-electron chi connectivity index (χ2n) is 6.19. The van der Waals surface area contributed by atoms with Crippen molar-refractivity contribution in [2.24, 2.45) is 0 Å². The summed E-state index contributed by atoms with van der Waals surface area (Å²) in [6, 6.07) is 12.8. The maximum Gasteiger partial charge on any atom is 0.160 e. The Kier molecular flexibility index (Phi) is 8.10. The molecule has 6 heteroatoms. The van der Waals surface area contributed by atoms with Gasteiger partial charge >= 0.3 is 0 Å². The van der Waals surface area contributed by atoms with Gasteiger partial charge in [0.1, 0.15) is 18.5 Å². The fraction of sp³-hybridized carbons (Fsp3) is 0.381. The highest BCUT2D eigenvalue weighted by atomic mass is 16.5. The molecule has 0 spiro atoms. The number of carbonyl (C=O) groups excluding carboxylic acids is 1. The molecule has 0 amide bonds. The highest BCUT2D eigenvalue weighted by molar-refractivity contribution is 5.94. The van der Waals surface area contributed by atoms with Crippen molar-refractivity contribution in [3.63, 3.8) is 0 Å². The van der Waals surface area contributed by atoms with Gasteiger partial charge in [-0.1, -0.05) is 18.2 Å². The third-order valence-electron chi connectivity index (χ3n) is 4.10. The van der Waals surface area contributed by atoms with Gasteiger partial charge in [0, 0.05) is 12.1 Å². The van der Waals surface area contributed by atoms with E-state index in [1.54, 1.807) is 38.5 Å². The minimum absolute atomic E-state index is 0.0159. The van der Waals surface area contributed by atoms with Crippen molar-refractivity contribution in [2.45, 2.75) is 19.4 Å². The molecule has 0 saturated heterocycles. The van der Waals surface area contributed by atoms with Crippen LogP contribution in [0.15, 0.2) is 42.5 Å². The van der Waals surface area contributed by atoms with Crippen LogP contribution in [0, 0.1) is 0 Å². The summed E-state index contributed by atoms with van der Waals surface area (Å²) in [5.41, 5.74) is 1.71. The molecular formula is C21H27NO5. The van der Waals surface area contributed by atoms with Gasteiger partial charge in [-0.3, -0.25) is 4.79 Å².